The average Bonchev–Trinajstić information content (AvgIpc) is 3.29. The van der Waals surface area contributed by atoms with Gasteiger partial charge < -0.3 is 0 Å². The number of carbonyl (C=O) groups is 1. The molecule has 25 heavy (non-hydrogen) atoms. The van der Waals surface area contributed by atoms with Crippen LogP contribution in [-0.2, 0) is 0 Å². The van der Waals surface area contributed by atoms with Crippen molar-refractivity contribution in [2.45, 2.75) is 38.3 Å². The van der Waals surface area contributed by atoms with E-state index in [9.17, 15) is 4.79 Å². The summed E-state index contributed by atoms with van der Waals surface area (Å²) in [5.41, 5.74) is 1.53. The third-order valence-electron chi connectivity index (χ3n) is 5.13. The van der Waals surface area contributed by atoms with Crippen LogP contribution in [0.5, 0.6) is 0 Å². The topological polar surface area (TPSA) is 51.0 Å². The van der Waals surface area contributed by atoms with Gasteiger partial charge in [-0.1, -0.05) is 28.4 Å². The number of aromatic nitrogens is 3. The van der Waals surface area contributed by atoms with Crippen molar-refractivity contribution < 1.29 is 4.79 Å². The largest absolute Gasteiger partial charge is 0.296 e. The van der Waals surface area contributed by atoms with Crippen molar-refractivity contribution in [3.8, 4) is 0 Å². The van der Waals surface area contributed by atoms with Crippen LogP contribution in [0.15, 0.2) is 24.4 Å². The Labute approximate surface area is 156 Å². The molecule has 1 aliphatic heterocycles. The van der Waals surface area contributed by atoms with Gasteiger partial charge in [-0.3, -0.25) is 9.69 Å². The molecule has 1 atom stereocenters. The van der Waals surface area contributed by atoms with E-state index in [0.29, 0.717) is 29.1 Å². The van der Waals surface area contributed by atoms with Gasteiger partial charge in [0, 0.05) is 35.6 Å². The average molecular weight is 379 g/mol. The van der Waals surface area contributed by atoms with Crippen LogP contribution in [-0.4, -0.2) is 38.8 Å². The van der Waals surface area contributed by atoms with Crippen LogP contribution in [0.25, 0.3) is 0 Å². The van der Waals surface area contributed by atoms with Crippen LogP contribution in [0.3, 0.4) is 0 Å². The predicted octanol–water partition coefficient (Wildman–Crippen LogP) is 4.19. The summed E-state index contributed by atoms with van der Waals surface area (Å²) in [6.07, 6.45) is 4.59. The van der Waals surface area contributed by atoms with Crippen molar-refractivity contribution >= 4 is 29.0 Å². The molecule has 0 N–H and O–H groups in total. The molecule has 1 aromatic heterocycles. The molecule has 1 saturated carbocycles. The minimum absolute atomic E-state index is 0.0880. The Morgan fingerprint density at radius 1 is 1.32 bits per heavy atom. The molecule has 2 fully saturated rings. The lowest BCUT2D eigenvalue weighted by molar-refractivity contribution is 0.0502. The highest BCUT2D eigenvalue weighted by Crippen LogP contribution is 2.36. The molecule has 2 aliphatic rings. The summed E-state index contributed by atoms with van der Waals surface area (Å²) < 4.78 is 1.82. The molecule has 7 heteroatoms. The fraction of sp³-hybridized carbons (Fsp3) is 0.500. The van der Waals surface area contributed by atoms with E-state index in [0.717, 1.165) is 36.5 Å². The van der Waals surface area contributed by atoms with Crippen LogP contribution in [0.1, 0.15) is 54.3 Å². The zero-order chi connectivity index (χ0) is 17.6. The van der Waals surface area contributed by atoms with Crippen LogP contribution in [0.2, 0.25) is 10.0 Å². The first-order valence-corrected chi connectivity index (χ1v) is 9.41. The quantitative estimate of drug-likeness (QED) is 0.707. The summed E-state index contributed by atoms with van der Waals surface area (Å²) in [7, 11) is 0. The summed E-state index contributed by atoms with van der Waals surface area (Å²) in [5.74, 6) is 0.448. The van der Waals surface area contributed by atoms with E-state index in [2.05, 4.69) is 22.1 Å². The number of rotatable bonds is 6. The molecule has 1 saturated heterocycles. The molecule has 5 nitrogen and oxygen atoms in total. The highest BCUT2D eigenvalue weighted by Gasteiger charge is 2.34. The zero-order valence-electron chi connectivity index (χ0n) is 14.0. The summed E-state index contributed by atoms with van der Waals surface area (Å²) in [5, 5.41) is 9.51. The second kappa shape index (κ2) is 6.71. The standard InChI is InChI=1S/C18H20Cl2N4O/c1-11(15-7-13(19)2-5-16(15)20)23-8-12(9-23)6-18(25)17-10-24(22-21-17)14-3-4-14/h2,5,7,10-12,14H,3-4,6,8-9H2,1H3/t11-/m0/s1. The summed E-state index contributed by atoms with van der Waals surface area (Å²) in [4.78, 5) is 14.7. The second-order valence-electron chi connectivity index (χ2n) is 7.10. The molecule has 0 spiro atoms. The van der Waals surface area contributed by atoms with Crippen molar-refractivity contribution in [3.05, 3.63) is 45.7 Å². The Bertz CT molecular complexity index is 796. The van der Waals surface area contributed by atoms with E-state index in [1.165, 1.54) is 0 Å². The number of nitrogens with zero attached hydrogens (tertiary/aromatic N) is 4. The molecular weight excluding hydrogens is 359 g/mol. The van der Waals surface area contributed by atoms with Gasteiger partial charge in [-0.15, -0.1) is 5.10 Å². The molecule has 132 valence electrons. The smallest absolute Gasteiger partial charge is 0.185 e. The molecule has 2 aromatic rings. The first-order chi connectivity index (χ1) is 12.0. The molecule has 4 rings (SSSR count). The van der Waals surface area contributed by atoms with Crippen LogP contribution in [0.4, 0.5) is 0 Å². The van der Waals surface area contributed by atoms with E-state index in [1.807, 2.05) is 16.8 Å². The predicted molar refractivity (Wildman–Crippen MR) is 97.2 cm³/mol. The van der Waals surface area contributed by atoms with Gasteiger partial charge in [-0.25, -0.2) is 4.68 Å². The second-order valence-corrected chi connectivity index (χ2v) is 7.95. The van der Waals surface area contributed by atoms with Gasteiger partial charge in [0.25, 0.3) is 0 Å². The van der Waals surface area contributed by atoms with E-state index < -0.39 is 0 Å². The summed E-state index contributed by atoms with van der Waals surface area (Å²) in [6.45, 7) is 3.88. The molecule has 0 unspecified atom stereocenters. The number of halogens is 2. The lowest BCUT2D eigenvalue weighted by atomic mass is 9.90. The van der Waals surface area contributed by atoms with Gasteiger partial charge in [-0.05, 0) is 49.4 Å². The third-order valence-corrected chi connectivity index (χ3v) is 5.71. The monoisotopic (exact) mass is 378 g/mol. The Kier molecular flexibility index (Phi) is 4.56. The maximum Gasteiger partial charge on any atom is 0.185 e. The number of benzene rings is 1. The fourth-order valence-corrected chi connectivity index (χ4v) is 3.83. The molecule has 2 heterocycles. The minimum Gasteiger partial charge on any atom is -0.296 e. The maximum atomic E-state index is 12.4. The highest BCUT2D eigenvalue weighted by atomic mass is 35.5. The van der Waals surface area contributed by atoms with Crippen molar-refractivity contribution in [2.24, 2.45) is 5.92 Å². The van der Waals surface area contributed by atoms with Crippen LogP contribution >= 0.6 is 23.2 Å². The molecule has 0 bridgehead atoms. The summed E-state index contributed by atoms with van der Waals surface area (Å²) in [6, 6.07) is 6.19. The van der Waals surface area contributed by atoms with Gasteiger partial charge in [0.15, 0.2) is 5.78 Å². The van der Waals surface area contributed by atoms with E-state index >= 15 is 0 Å². The minimum atomic E-state index is 0.0880. The zero-order valence-corrected chi connectivity index (χ0v) is 15.5. The lowest BCUT2D eigenvalue weighted by Gasteiger charge is -2.43. The lowest BCUT2D eigenvalue weighted by Crippen LogP contribution is -2.48. The van der Waals surface area contributed by atoms with Gasteiger partial charge >= 0.3 is 0 Å². The number of carbonyl (C=O) groups excluding carboxylic acids is 1. The molecule has 1 aliphatic carbocycles. The highest BCUT2D eigenvalue weighted by molar-refractivity contribution is 6.33. The number of likely N-dealkylation sites (tertiary alicyclic amines) is 1. The molecule has 1 aromatic carbocycles. The maximum absolute atomic E-state index is 12.4. The summed E-state index contributed by atoms with van der Waals surface area (Å²) >= 11 is 12.4. The van der Waals surface area contributed by atoms with Gasteiger partial charge in [-0.2, -0.15) is 0 Å². The number of hydrogen-bond donors (Lipinski definition) is 0. The number of hydrogen-bond acceptors (Lipinski definition) is 4. The van der Waals surface area contributed by atoms with Gasteiger partial charge in [0.05, 0.1) is 12.2 Å². The van der Waals surface area contributed by atoms with E-state index in [-0.39, 0.29) is 11.8 Å². The normalized spacial score (nSPS) is 19.6. The van der Waals surface area contributed by atoms with Gasteiger partial charge in [0.1, 0.15) is 5.69 Å². The fourth-order valence-electron chi connectivity index (χ4n) is 3.38. The van der Waals surface area contributed by atoms with Crippen molar-refractivity contribution in [1.29, 1.82) is 0 Å². The van der Waals surface area contributed by atoms with Gasteiger partial charge in [0.2, 0.25) is 0 Å². The number of ketones is 1. The first-order valence-electron chi connectivity index (χ1n) is 8.65. The Hall–Kier alpha value is -1.43. The Balaban J connectivity index is 1.32. The number of Topliss-reactive ketones (excluding diaryl/α,β-unsaturated/α-hetero) is 1. The molecule has 0 amide bonds. The van der Waals surface area contributed by atoms with Crippen molar-refractivity contribution in [3.63, 3.8) is 0 Å². The van der Waals surface area contributed by atoms with Crippen molar-refractivity contribution in [2.75, 3.05) is 13.1 Å². The Morgan fingerprint density at radius 2 is 2.08 bits per heavy atom. The van der Waals surface area contributed by atoms with Crippen molar-refractivity contribution in [1.82, 2.24) is 19.9 Å². The molecular formula is C18H20Cl2N4O. The van der Waals surface area contributed by atoms with E-state index in [4.69, 9.17) is 23.2 Å². The first kappa shape index (κ1) is 17.0. The SMILES string of the molecule is C[C@@H](c1cc(Cl)ccc1Cl)N1CC(CC(=O)c2cn(C3CC3)nn2)C1. The van der Waals surface area contributed by atoms with Crippen LogP contribution < -0.4 is 0 Å². The van der Waals surface area contributed by atoms with Crippen LogP contribution in [0, 0.1) is 5.92 Å². The molecule has 0 radical (unpaired) electrons. The Morgan fingerprint density at radius 3 is 2.80 bits per heavy atom. The van der Waals surface area contributed by atoms with E-state index in [1.54, 1.807) is 12.3 Å². The third kappa shape index (κ3) is 3.59.